The summed E-state index contributed by atoms with van der Waals surface area (Å²) in [6, 6.07) is 10.7. The Labute approximate surface area is 198 Å². The van der Waals surface area contributed by atoms with Crippen molar-refractivity contribution in [2.75, 3.05) is 27.2 Å². The summed E-state index contributed by atoms with van der Waals surface area (Å²) in [6.45, 7) is 2.10. The first-order chi connectivity index (χ1) is 16.4. The lowest BCUT2D eigenvalue weighted by Gasteiger charge is -2.14. The molecule has 4 heterocycles. The molecule has 0 aliphatic carbocycles. The Kier molecular flexibility index (Phi) is 5.70. The van der Waals surface area contributed by atoms with Gasteiger partial charge in [0.05, 0.1) is 33.7 Å². The molecule has 8 nitrogen and oxygen atoms in total. The van der Waals surface area contributed by atoms with E-state index in [1.807, 2.05) is 25.1 Å². The van der Waals surface area contributed by atoms with E-state index in [0.29, 0.717) is 21.9 Å². The molecule has 0 bridgehead atoms. The van der Waals surface area contributed by atoms with E-state index in [2.05, 4.69) is 10.3 Å². The molecular weight excluding hydrogens is 459 g/mol. The molecule has 1 saturated heterocycles. The number of hydrogen-bond donors (Lipinski definition) is 1. The van der Waals surface area contributed by atoms with Crippen LogP contribution < -0.4 is 10.1 Å². The minimum Gasteiger partial charge on any atom is -0.456 e. The Hall–Kier alpha value is -3.50. The summed E-state index contributed by atoms with van der Waals surface area (Å²) in [6.07, 6.45) is -0.179. The molecule has 0 spiro atoms. The highest BCUT2D eigenvalue weighted by Gasteiger charge is 2.36. The van der Waals surface area contributed by atoms with E-state index in [1.165, 1.54) is 23.3 Å². The van der Waals surface area contributed by atoms with E-state index < -0.39 is 12.3 Å². The maximum Gasteiger partial charge on any atom is 0.325 e. The second-order valence-electron chi connectivity index (χ2n) is 8.13. The van der Waals surface area contributed by atoms with Gasteiger partial charge in [0.2, 0.25) is 0 Å². The normalized spacial score (nSPS) is 18.1. The van der Waals surface area contributed by atoms with Crippen LogP contribution in [0.2, 0.25) is 0 Å². The predicted octanol–water partition coefficient (Wildman–Crippen LogP) is 4.35. The van der Waals surface area contributed by atoms with Crippen molar-refractivity contribution >= 4 is 44.4 Å². The first-order valence-electron chi connectivity index (χ1n) is 10.8. The third kappa shape index (κ3) is 3.78. The maximum atomic E-state index is 14.1. The molecule has 0 radical (unpaired) electrons. The summed E-state index contributed by atoms with van der Waals surface area (Å²) < 4.78 is 27.7. The van der Waals surface area contributed by atoms with Crippen LogP contribution in [-0.4, -0.2) is 65.9 Å². The first-order valence-corrected chi connectivity index (χ1v) is 11.6. The smallest absolute Gasteiger partial charge is 0.325 e. The van der Waals surface area contributed by atoms with Gasteiger partial charge in [0, 0.05) is 37.5 Å². The number of aryl methyl sites for hydroxylation is 1. The summed E-state index contributed by atoms with van der Waals surface area (Å²) in [5.41, 5.74) is 2.22. The fourth-order valence-electron chi connectivity index (χ4n) is 4.28. The quantitative estimate of drug-likeness (QED) is 0.468. The van der Waals surface area contributed by atoms with Crippen LogP contribution in [0.5, 0.6) is 11.5 Å². The lowest BCUT2D eigenvalue weighted by molar-refractivity contribution is 0.0596. The molecule has 4 aromatic rings. The Morgan fingerprint density at radius 2 is 2.03 bits per heavy atom. The molecule has 2 atom stereocenters. The highest BCUT2D eigenvalue weighted by molar-refractivity contribution is 7.21. The summed E-state index contributed by atoms with van der Waals surface area (Å²) in [5, 5.41) is 3.51. The number of amides is 2. The lowest BCUT2D eigenvalue weighted by atomic mass is 10.2. The molecular formula is C24H23FN4O4S. The number of benzene rings is 1. The minimum atomic E-state index is -1.20. The topological polar surface area (TPSA) is 85.7 Å². The number of carbonyl (C=O) groups is 2. The molecule has 10 heteroatoms. The Morgan fingerprint density at radius 3 is 2.76 bits per heavy atom. The Balaban J connectivity index is 1.44. The number of thiophene rings is 1. The van der Waals surface area contributed by atoms with Crippen LogP contribution >= 0.6 is 11.3 Å². The van der Waals surface area contributed by atoms with Crippen LogP contribution in [0.25, 0.3) is 21.1 Å². The molecule has 34 heavy (non-hydrogen) atoms. The van der Waals surface area contributed by atoms with Gasteiger partial charge in [-0.1, -0.05) is 0 Å². The number of alkyl halides is 1. The highest BCUT2D eigenvalue weighted by atomic mass is 32.1. The molecule has 1 aromatic carbocycles. The van der Waals surface area contributed by atoms with Crippen molar-refractivity contribution in [2.24, 2.45) is 0 Å². The number of methoxy groups -OCH3 is 1. The number of hydrogen-bond acceptors (Lipinski definition) is 6. The van der Waals surface area contributed by atoms with E-state index in [1.54, 1.807) is 36.0 Å². The summed E-state index contributed by atoms with van der Waals surface area (Å²) in [7, 11) is 3.04. The molecule has 5 rings (SSSR count). The summed E-state index contributed by atoms with van der Waals surface area (Å²) in [4.78, 5) is 31.5. The zero-order valence-corrected chi connectivity index (χ0v) is 19.7. The average Bonchev–Trinajstić information content (AvgIpc) is 3.52. The van der Waals surface area contributed by atoms with Gasteiger partial charge in [-0.3, -0.25) is 14.3 Å². The Bertz CT molecular complexity index is 1420. The van der Waals surface area contributed by atoms with Crippen molar-refractivity contribution in [2.45, 2.75) is 19.2 Å². The molecule has 2 amide bonds. The number of nitrogens with one attached hydrogen (secondary N) is 1. The number of rotatable bonds is 4. The van der Waals surface area contributed by atoms with Gasteiger partial charge in [0.25, 0.3) is 5.91 Å². The third-order valence-corrected chi connectivity index (χ3v) is 7.10. The number of nitrogens with zero attached hydrogens (tertiary/aromatic N) is 3. The van der Waals surface area contributed by atoms with Crippen molar-refractivity contribution in [1.82, 2.24) is 19.8 Å². The number of carbonyl (C=O) groups excluding carboxylic acids is 2. The number of fused-ring (bicyclic) bond motifs is 2. The van der Waals surface area contributed by atoms with Gasteiger partial charge in [-0.2, -0.15) is 0 Å². The lowest BCUT2D eigenvalue weighted by Crippen LogP contribution is -2.29. The van der Waals surface area contributed by atoms with E-state index in [9.17, 15) is 14.0 Å². The number of aromatic nitrogens is 2. The van der Waals surface area contributed by atoms with Crippen molar-refractivity contribution in [3.05, 3.63) is 53.2 Å². The number of halogens is 1. The maximum absolute atomic E-state index is 14.1. The minimum absolute atomic E-state index is 0.0114. The van der Waals surface area contributed by atoms with Crippen LogP contribution in [0.15, 0.2) is 42.6 Å². The summed E-state index contributed by atoms with van der Waals surface area (Å²) >= 11 is 1.27. The molecule has 3 aromatic heterocycles. The molecule has 0 saturated carbocycles. The van der Waals surface area contributed by atoms with Gasteiger partial charge < -0.3 is 19.7 Å². The van der Waals surface area contributed by atoms with Crippen LogP contribution in [0.1, 0.15) is 15.4 Å². The van der Waals surface area contributed by atoms with Crippen LogP contribution in [-0.2, 0) is 4.74 Å². The molecule has 1 aliphatic heterocycles. The van der Waals surface area contributed by atoms with Crippen LogP contribution in [0.3, 0.4) is 0 Å². The largest absolute Gasteiger partial charge is 0.456 e. The van der Waals surface area contributed by atoms with Crippen molar-refractivity contribution in [3.63, 3.8) is 0 Å². The number of pyridine rings is 1. The van der Waals surface area contributed by atoms with Gasteiger partial charge in [0.1, 0.15) is 23.8 Å². The van der Waals surface area contributed by atoms with Crippen molar-refractivity contribution in [3.8, 4) is 11.5 Å². The molecule has 1 fully saturated rings. The SMILES string of the molecule is CNC(=O)n1c(C)cc2cc(Oc3ccnc4cc(C(=O)N5CC(F)[C@@H](OC)C5)sc34)ccc21. The number of ether oxygens (including phenoxy) is 2. The van der Waals surface area contributed by atoms with Gasteiger partial charge in [0.15, 0.2) is 0 Å². The first kappa shape index (κ1) is 22.3. The molecule has 176 valence electrons. The monoisotopic (exact) mass is 482 g/mol. The van der Waals surface area contributed by atoms with Crippen LogP contribution in [0, 0.1) is 6.92 Å². The van der Waals surface area contributed by atoms with E-state index in [4.69, 9.17) is 9.47 Å². The second-order valence-corrected chi connectivity index (χ2v) is 9.19. The molecule has 1 aliphatic rings. The second kappa shape index (κ2) is 8.69. The number of likely N-dealkylation sites (tertiary alicyclic amines) is 1. The van der Waals surface area contributed by atoms with Crippen molar-refractivity contribution < 1.29 is 23.5 Å². The zero-order valence-electron chi connectivity index (χ0n) is 18.9. The fourth-order valence-corrected chi connectivity index (χ4v) is 5.32. The van der Waals surface area contributed by atoms with E-state index in [-0.39, 0.29) is 25.0 Å². The summed E-state index contributed by atoms with van der Waals surface area (Å²) in [5.74, 6) is 0.914. The van der Waals surface area contributed by atoms with Gasteiger partial charge in [-0.15, -0.1) is 11.3 Å². The standard InChI is InChI=1S/C24H23FN4O4S/c1-13-8-14-9-15(4-5-18(14)29(13)24(31)26-2)33-19-6-7-27-17-10-21(34-22(17)19)23(30)28-11-16(25)20(12-28)32-3/h4-10,16,20H,11-12H2,1-3H3,(H,26,31)/t16?,20-/m0/s1. The van der Waals surface area contributed by atoms with Gasteiger partial charge >= 0.3 is 6.03 Å². The van der Waals surface area contributed by atoms with Crippen molar-refractivity contribution in [1.29, 1.82) is 0 Å². The Morgan fingerprint density at radius 1 is 1.21 bits per heavy atom. The average molecular weight is 483 g/mol. The van der Waals surface area contributed by atoms with E-state index in [0.717, 1.165) is 21.3 Å². The van der Waals surface area contributed by atoms with Gasteiger partial charge in [-0.05, 0) is 37.3 Å². The van der Waals surface area contributed by atoms with E-state index >= 15 is 0 Å². The molecule has 1 N–H and O–H groups in total. The van der Waals surface area contributed by atoms with Crippen LogP contribution in [0.4, 0.5) is 9.18 Å². The fraction of sp³-hybridized carbons (Fsp3) is 0.292. The highest BCUT2D eigenvalue weighted by Crippen LogP contribution is 2.37. The predicted molar refractivity (Wildman–Crippen MR) is 128 cm³/mol. The third-order valence-electron chi connectivity index (χ3n) is 5.98. The molecule has 1 unspecified atom stereocenters. The zero-order chi connectivity index (χ0) is 24.0. The van der Waals surface area contributed by atoms with Gasteiger partial charge in [-0.25, -0.2) is 9.18 Å².